The van der Waals surface area contributed by atoms with Crippen LogP contribution < -0.4 is 4.90 Å². The Morgan fingerprint density at radius 2 is 2.00 bits per heavy atom. The largest absolute Gasteiger partial charge is 0.444 e. The van der Waals surface area contributed by atoms with Crippen LogP contribution in [0.25, 0.3) is 0 Å². The second-order valence-electron chi connectivity index (χ2n) is 6.17. The lowest BCUT2D eigenvalue weighted by atomic mass is 10.2. The Balaban J connectivity index is 1.97. The zero-order valence-electron chi connectivity index (χ0n) is 12.8. The van der Waals surface area contributed by atoms with Crippen molar-refractivity contribution >= 4 is 27.7 Å². The molecule has 2 rings (SSSR count). The molecule has 0 saturated carbocycles. The molecule has 0 spiro atoms. The molecule has 1 saturated heterocycles. The van der Waals surface area contributed by atoms with E-state index >= 15 is 0 Å². The quantitative estimate of drug-likeness (QED) is 0.775. The summed E-state index contributed by atoms with van der Waals surface area (Å²) >= 11 is 3.44. The average Bonchev–Trinajstić information content (AvgIpc) is 2.62. The van der Waals surface area contributed by atoms with E-state index in [2.05, 4.69) is 31.9 Å². The summed E-state index contributed by atoms with van der Waals surface area (Å²) < 4.78 is 6.41. The van der Waals surface area contributed by atoms with Crippen LogP contribution in [0.3, 0.4) is 0 Å². The van der Waals surface area contributed by atoms with E-state index in [1.54, 1.807) is 11.1 Å². The molecule has 0 atom stereocenters. The van der Waals surface area contributed by atoms with E-state index in [1.807, 2.05) is 27.0 Å². The molecule has 1 aliphatic heterocycles. The van der Waals surface area contributed by atoms with Crippen LogP contribution in [0.2, 0.25) is 0 Å². The van der Waals surface area contributed by atoms with Crippen molar-refractivity contribution in [1.82, 2.24) is 9.88 Å². The number of pyridine rings is 1. The van der Waals surface area contributed by atoms with Crippen LogP contribution in [0.15, 0.2) is 22.9 Å². The minimum atomic E-state index is -0.447. The highest BCUT2D eigenvalue weighted by molar-refractivity contribution is 9.10. The summed E-state index contributed by atoms with van der Waals surface area (Å²) in [5.74, 6) is 0. The van der Waals surface area contributed by atoms with Gasteiger partial charge in [0.1, 0.15) is 5.60 Å². The van der Waals surface area contributed by atoms with E-state index in [1.165, 1.54) is 0 Å². The fourth-order valence-electron chi connectivity index (χ4n) is 2.26. The van der Waals surface area contributed by atoms with Crippen molar-refractivity contribution < 1.29 is 9.53 Å². The third-order valence-corrected chi connectivity index (χ3v) is 3.64. The minimum absolute atomic E-state index is 0.225. The van der Waals surface area contributed by atoms with Gasteiger partial charge in [-0.25, -0.2) is 4.79 Å². The van der Waals surface area contributed by atoms with Gasteiger partial charge in [0, 0.05) is 36.8 Å². The van der Waals surface area contributed by atoms with E-state index in [0.717, 1.165) is 36.2 Å². The number of amides is 1. The van der Waals surface area contributed by atoms with Crippen molar-refractivity contribution in [1.29, 1.82) is 0 Å². The Bertz CT molecular complexity index is 502. The molecule has 116 valence electrons. The highest BCUT2D eigenvalue weighted by Gasteiger charge is 2.24. The number of carbonyl (C=O) groups is 1. The zero-order valence-corrected chi connectivity index (χ0v) is 14.4. The fourth-order valence-corrected chi connectivity index (χ4v) is 2.61. The van der Waals surface area contributed by atoms with Crippen LogP contribution in [0, 0.1) is 0 Å². The summed E-state index contributed by atoms with van der Waals surface area (Å²) in [6, 6.07) is 2.05. The third-order valence-electron chi connectivity index (χ3n) is 3.20. The van der Waals surface area contributed by atoms with Crippen molar-refractivity contribution in [2.24, 2.45) is 0 Å². The lowest BCUT2D eigenvalue weighted by Crippen LogP contribution is -2.39. The summed E-state index contributed by atoms with van der Waals surface area (Å²) in [6.45, 7) is 8.77. The number of halogens is 1. The second-order valence-corrected chi connectivity index (χ2v) is 7.09. The Morgan fingerprint density at radius 1 is 1.24 bits per heavy atom. The molecule has 0 aromatic carbocycles. The highest BCUT2D eigenvalue weighted by atomic mass is 79.9. The predicted octanol–water partition coefficient (Wildman–Crippen LogP) is 3.29. The van der Waals surface area contributed by atoms with Gasteiger partial charge < -0.3 is 14.5 Å². The normalized spacial score (nSPS) is 16.6. The first-order valence-electron chi connectivity index (χ1n) is 7.18. The van der Waals surface area contributed by atoms with Gasteiger partial charge in [0.2, 0.25) is 0 Å². The van der Waals surface area contributed by atoms with Gasteiger partial charge in [0.25, 0.3) is 0 Å². The molecule has 21 heavy (non-hydrogen) atoms. The van der Waals surface area contributed by atoms with E-state index in [-0.39, 0.29) is 6.09 Å². The number of hydrogen-bond donors (Lipinski definition) is 0. The van der Waals surface area contributed by atoms with Gasteiger partial charge in [-0.2, -0.15) is 0 Å². The fraction of sp³-hybridized carbons (Fsp3) is 0.600. The van der Waals surface area contributed by atoms with Crippen LogP contribution >= 0.6 is 15.9 Å². The van der Waals surface area contributed by atoms with Crippen LogP contribution in [-0.4, -0.2) is 47.8 Å². The number of carbonyl (C=O) groups excluding carboxylic acids is 1. The number of anilines is 1. The number of ether oxygens (including phenoxy) is 1. The first kappa shape index (κ1) is 16.1. The van der Waals surface area contributed by atoms with Crippen LogP contribution in [-0.2, 0) is 4.74 Å². The van der Waals surface area contributed by atoms with Gasteiger partial charge in [-0.05, 0) is 49.2 Å². The molecule has 1 aromatic heterocycles. The maximum atomic E-state index is 12.1. The molecular weight excluding hydrogens is 334 g/mol. The van der Waals surface area contributed by atoms with E-state index in [0.29, 0.717) is 6.54 Å². The van der Waals surface area contributed by atoms with Gasteiger partial charge in [0.05, 0.1) is 11.9 Å². The first-order valence-corrected chi connectivity index (χ1v) is 7.98. The van der Waals surface area contributed by atoms with Gasteiger partial charge in [-0.15, -0.1) is 0 Å². The lowest BCUT2D eigenvalue weighted by Gasteiger charge is -2.26. The van der Waals surface area contributed by atoms with Crippen molar-refractivity contribution in [2.75, 3.05) is 31.1 Å². The SMILES string of the molecule is CC(C)(C)OC(=O)N1CCCN(c2cncc(Br)c2)CC1. The Morgan fingerprint density at radius 3 is 2.67 bits per heavy atom. The Kier molecular flexibility index (Phi) is 5.08. The standard InChI is InChI=1S/C15H22BrN3O2/c1-15(2,3)21-14(20)19-6-4-5-18(7-8-19)13-9-12(16)10-17-11-13/h9-11H,4-8H2,1-3H3. The van der Waals surface area contributed by atoms with Crippen molar-refractivity contribution in [2.45, 2.75) is 32.8 Å². The maximum absolute atomic E-state index is 12.1. The molecule has 1 fully saturated rings. The second kappa shape index (κ2) is 6.64. The smallest absolute Gasteiger partial charge is 0.410 e. The topological polar surface area (TPSA) is 45.7 Å². The average molecular weight is 356 g/mol. The van der Waals surface area contributed by atoms with Crippen molar-refractivity contribution in [3.63, 3.8) is 0 Å². The summed E-state index contributed by atoms with van der Waals surface area (Å²) in [6.07, 6.45) is 4.32. The van der Waals surface area contributed by atoms with Crippen LogP contribution in [0.1, 0.15) is 27.2 Å². The monoisotopic (exact) mass is 355 g/mol. The molecule has 1 aromatic rings. The molecule has 1 amide bonds. The van der Waals surface area contributed by atoms with E-state index in [9.17, 15) is 4.79 Å². The summed E-state index contributed by atoms with van der Waals surface area (Å²) in [5.41, 5.74) is 0.632. The summed E-state index contributed by atoms with van der Waals surface area (Å²) in [7, 11) is 0. The summed E-state index contributed by atoms with van der Waals surface area (Å²) in [5, 5.41) is 0. The number of rotatable bonds is 1. The molecule has 5 nitrogen and oxygen atoms in total. The van der Waals surface area contributed by atoms with Gasteiger partial charge in [-0.1, -0.05) is 0 Å². The Labute approximate surface area is 134 Å². The highest BCUT2D eigenvalue weighted by Crippen LogP contribution is 2.20. The number of hydrogen-bond acceptors (Lipinski definition) is 4. The number of aromatic nitrogens is 1. The van der Waals surface area contributed by atoms with Crippen LogP contribution in [0.5, 0.6) is 0 Å². The molecular formula is C15H22BrN3O2. The van der Waals surface area contributed by atoms with E-state index in [4.69, 9.17) is 4.74 Å². The zero-order chi connectivity index (χ0) is 15.5. The predicted molar refractivity (Wildman–Crippen MR) is 86.6 cm³/mol. The van der Waals surface area contributed by atoms with Gasteiger partial charge in [0.15, 0.2) is 0 Å². The van der Waals surface area contributed by atoms with Crippen molar-refractivity contribution in [3.8, 4) is 0 Å². The van der Waals surface area contributed by atoms with Crippen LogP contribution in [0.4, 0.5) is 10.5 Å². The van der Waals surface area contributed by atoms with Gasteiger partial charge >= 0.3 is 6.09 Å². The molecule has 0 bridgehead atoms. The molecule has 0 aliphatic carbocycles. The van der Waals surface area contributed by atoms with E-state index < -0.39 is 5.60 Å². The van der Waals surface area contributed by atoms with Crippen molar-refractivity contribution in [3.05, 3.63) is 22.9 Å². The molecule has 0 unspecified atom stereocenters. The maximum Gasteiger partial charge on any atom is 0.410 e. The first-order chi connectivity index (χ1) is 9.85. The molecule has 6 heteroatoms. The number of nitrogens with zero attached hydrogens (tertiary/aromatic N) is 3. The Hall–Kier alpha value is -1.30. The third kappa shape index (κ3) is 4.88. The minimum Gasteiger partial charge on any atom is -0.444 e. The molecule has 0 N–H and O–H groups in total. The summed E-state index contributed by atoms with van der Waals surface area (Å²) in [4.78, 5) is 20.4. The lowest BCUT2D eigenvalue weighted by molar-refractivity contribution is 0.0263. The molecule has 2 heterocycles. The molecule has 1 aliphatic rings. The van der Waals surface area contributed by atoms with Gasteiger partial charge in [-0.3, -0.25) is 4.98 Å². The molecule has 0 radical (unpaired) electrons.